The van der Waals surface area contributed by atoms with Gasteiger partial charge in [0.25, 0.3) is 5.91 Å². The maximum atomic E-state index is 11.8. The van der Waals surface area contributed by atoms with Gasteiger partial charge in [-0.25, -0.2) is 4.98 Å². The summed E-state index contributed by atoms with van der Waals surface area (Å²) in [6.07, 6.45) is 3.75. The van der Waals surface area contributed by atoms with E-state index in [4.69, 9.17) is 5.73 Å². The molecule has 0 spiro atoms. The lowest BCUT2D eigenvalue weighted by Gasteiger charge is -2.14. The molecule has 1 saturated heterocycles. The van der Waals surface area contributed by atoms with Crippen molar-refractivity contribution in [3.05, 3.63) is 23.9 Å². The molecule has 1 aliphatic rings. The van der Waals surface area contributed by atoms with Crippen LogP contribution in [0.2, 0.25) is 0 Å². The molecule has 1 fully saturated rings. The first-order valence-electron chi connectivity index (χ1n) is 4.78. The van der Waals surface area contributed by atoms with Crippen molar-refractivity contribution in [2.24, 2.45) is 0 Å². The molecule has 1 aromatic heterocycles. The number of nitrogens with two attached hydrogens (primary N) is 1. The predicted molar refractivity (Wildman–Crippen MR) is 53.8 cm³/mol. The zero-order valence-electron chi connectivity index (χ0n) is 7.94. The summed E-state index contributed by atoms with van der Waals surface area (Å²) in [5.74, 6) is 0.512. The third-order valence-corrected chi connectivity index (χ3v) is 2.43. The number of nitrogens with zero attached hydrogens (tertiary/aromatic N) is 2. The van der Waals surface area contributed by atoms with Crippen LogP contribution < -0.4 is 5.73 Å². The molecule has 1 aromatic rings. The van der Waals surface area contributed by atoms with Crippen LogP contribution in [-0.4, -0.2) is 28.9 Å². The molecule has 0 unspecified atom stereocenters. The minimum Gasteiger partial charge on any atom is -0.384 e. The van der Waals surface area contributed by atoms with Gasteiger partial charge < -0.3 is 10.6 Å². The molecule has 0 bridgehead atoms. The molecule has 0 aromatic carbocycles. The second-order valence-corrected chi connectivity index (χ2v) is 3.47. The van der Waals surface area contributed by atoms with Crippen molar-refractivity contribution in [2.75, 3.05) is 18.8 Å². The topological polar surface area (TPSA) is 59.2 Å². The lowest BCUT2D eigenvalue weighted by atomic mass is 10.2. The van der Waals surface area contributed by atoms with E-state index in [0.717, 1.165) is 25.9 Å². The van der Waals surface area contributed by atoms with E-state index in [-0.39, 0.29) is 5.91 Å². The Morgan fingerprint density at radius 3 is 2.64 bits per heavy atom. The van der Waals surface area contributed by atoms with Crippen LogP contribution in [-0.2, 0) is 0 Å². The van der Waals surface area contributed by atoms with Crippen molar-refractivity contribution in [2.45, 2.75) is 12.8 Å². The summed E-state index contributed by atoms with van der Waals surface area (Å²) in [6, 6.07) is 3.38. The molecule has 2 rings (SSSR count). The Kier molecular flexibility index (Phi) is 2.35. The smallest absolute Gasteiger partial charge is 0.255 e. The van der Waals surface area contributed by atoms with Gasteiger partial charge in [0.05, 0.1) is 5.56 Å². The Hall–Kier alpha value is -1.58. The highest BCUT2D eigenvalue weighted by atomic mass is 16.2. The number of aromatic nitrogens is 1. The molecule has 1 amide bonds. The van der Waals surface area contributed by atoms with Gasteiger partial charge in [0, 0.05) is 19.3 Å². The molecule has 4 heteroatoms. The number of carbonyl (C=O) groups excluding carboxylic acids is 1. The first-order valence-corrected chi connectivity index (χ1v) is 4.78. The molecule has 0 aliphatic carbocycles. The number of nitrogen functional groups attached to an aromatic ring is 1. The number of amides is 1. The number of likely N-dealkylation sites (tertiary alicyclic amines) is 1. The van der Waals surface area contributed by atoms with Crippen LogP contribution in [0, 0.1) is 0 Å². The molecular weight excluding hydrogens is 178 g/mol. The van der Waals surface area contributed by atoms with Gasteiger partial charge in [0.2, 0.25) is 0 Å². The highest BCUT2D eigenvalue weighted by Gasteiger charge is 2.19. The number of hydrogen-bond donors (Lipinski definition) is 1. The summed E-state index contributed by atoms with van der Waals surface area (Å²) >= 11 is 0. The largest absolute Gasteiger partial charge is 0.384 e. The Bertz CT molecular complexity index is 328. The average Bonchev–Trinajstić information content (AvgIpc) is 2.71. The number of carbonyl (C=O) groups is 1. The zero-order valence-corrected chi connectivity index (χ0v) is 7.94. The second-order valence-electron chi connectivity index (χ2n) is 3.47. The van der Waals surface area contributed by atoms with Crippen molar-refractivity contribution in [1.29, 1.82) is 0 Å². The van der Waals surface area contributed by atoms with E-state index in [0.29, 0.717) is 11.4 Å². The van der Waals surface area contributed by atoms with E-state index < -0.39 is 0 Å². The number of rotatable bonds is 1. The van der Waals surface area contributed by atoms with Gasteiger partial charge in [-0.3, -0.25) is 4.79 Å². The van der Waals surface area contributed by atoms with Crippen LogP contribution in [0.5, 0.6) is 0 Å². The van der Waals surface area contributed by atoms with Crippen molar-refractivity contribution in [3.63, 3.8) is 0 Å². The Balaban J connectivity index is 2.14. The number of hydrogen-bond acceptors (Lipinski definition) is 3. The summed E-state index contributed by atoms with van der Waals surface area (Å²) < 4.78 is 0. The maximum Gasteiger partial charge on any atom is 0.255 e. The Morgan fingerprint density at radius 1 is 1.36 bits per heavy atom. The molecule has 14 heavy (non-hydrogen) atoms. The van der Waals surface area contributed by atoms with Crippen LogP contribution >= 0.6 is 0 Å². The van der Waals surface area contributed by atoms with Gasteiger partial charge in [-0.05, 0) is 25.0 Å². The van der Waals surface area contributed by atoms with E-state index in [1.165, 1.54) is 6.20 Å². The van der Waals surface area contributed by atoms with Crippen molar-refractivity contribution in [3.8, 4) is 0 Å². The highest BCUT2D eigenvalue weighted by Crippen LogP contribution is 2.12. The molecule has 2 heterocycles. The summed E-state index contributed by atoms with van der Waals surface area (Å²) in [5, 5.41) is 0. The predicted octanol–water partition coefficient (Wildman–Crippen LogP) is 0.900. The Morgan fingerprint density at radius 2 is 2.07 bits per heavy atom. The first kappa shape index (κ1) is 8.99. The standard InChI is InChI=1S/C10H13N3O/c11-9-4-3-8(7-12-9)10(14)13-5-1-2-6-13/h3-4,7H,1-2,5-6H2,(H2,11,12). The normalized spacial score (nSPS) is 15.9. The third kappa shape index (κ3) is 1.69. The van der Waals surface area contributed by atoms with E-state index in [9.17, 15) is 4.79 Å². The van der Waals surface area contributed by atoms with Crippen molar-refractivity contribution < 1.29 is 4.79 Å². The van der Waals surface area contributed by atoms with Crippen molar-refractivity contribution in [1.82, 2.24) is 9.88 Å². The summed E-state index contributed by atoms with van der Waals surface area (Å²) in [5.41, 5.74) is 6.07. The van der Waals surface area contributed by atoms with Gasteiger partial charge in [0.15, 0.2) is 0 Å². The van der Waals surface area contributed by atoms with Gasteiger partial charge in [-0.15, -0.1) is 0 Å². The minimum absolute atomic E-state index is 0.0648. The SMILES string of the molecule is Nc1ccc(C(=O)N2CCCC2)cn1. The van der Waals surface area contributed by atoms with Crippen LogP contribution in [0.1, 0.15) is 23.2 Å². The lowest BCUT2D eigenvalue weighted by molar-refractivity contribution is 0.0792. The molecule has 0 atom stereocenters. The summed E-state index contributed by atoms with van der Waals surface area (Å²) in [6.45, 7) is 1.73. The number of anilines is 1. The first-order chi connectivity index (χ1) is 6.77. The lowest BCUT2D eigenvalue weighted by Crippen LogP contribution is -2.27. The minimum atomic E-state index is 0.0648. The molecule has 0 saturated carbocycles. The molecule has 4 nitrogen and oxygen atoms in total. The molecule has 1 aliphatic heterocycles. The van der Waals surface area contributed by atoms with Crippen LogP contribution in [0.25, 0.3) is 0 Å². The monoisotopic (exact) mass is 191 g/mol. The molecule has 0 radical (unpaired) electrons. The average molecular weight is 191 g/mol. The van der Waals surface area contributed by atoms with Crippen LogP contribution in [0.15, 0.2) is 18.3 Å². The van der Waals surface area contributed by atoms with E-state index in [1.807, 2.05) is 4.90 Å². The van der Waals surface area contributed by atoms with Gasteiger partial charge in [-0.2, -0.15) is 0 Å². The molecule has 2 N–H and O–H groups in total. The Labute approximate surface area is 82.7 Å². The van der Waals surface area contributed by atoms with E-state index >= 15 is 0 Å². The highest BCUT2D eigenvalue weighted by molar-refractivity contribution is 5.94. The van der Waals surface area contributed by atoms with E-state index in [1.54, 1.807) is 12.1 Å². The second kappa shape index (κ2) is 3.65. The fourth-order valence-corrected chi connectivity index (χ4v) is 1.63. The summed E-state index contributed by atoms with van der Waals surface area (Å²) in [4.78, 5) is 17.6. The molecule has 74 valence electrons. The zero-order chi connectivity index (χ0) is 9.97. The van der Waals surface area contributed by atoms with Crippen LogP contribution in [0.4, 0.5) is 5.82 Å². The number of pyridine rings is 1. The maximum absolute atomic E-state index is 11.8. The van der Waals surface area contributed by atoms with Crippen molar-refractivity contribution >= 4 is 11.7 Å². The molecular formula is C10H13N3O. The quantitative estimate of drug-likeness (QED) is 0.717. The van der Waals surface area contributed by atoms with Gasteiger partial charge in [0.1, 0.15) is 5.82 Å². The fraction of sp³-hybridized carbons (Fsp3) is 0.400. The third-order valence-electron chi connectivity index (χ3n) is 2.43. The summed E-state index contributed by atoms with van der Waals surface area (Å²) in [7, 11) is 0. The van der Waals surface area contributed by atoms with Gasteiger partial charge >= 0.3 is 0 Å². The van der Waals surface area contributed by atoms with Gasteiger partial charge in [-0.1, -0.05) is 0 Å². The van der Waals surface area contributed by atoms with E-state index in [2.05, 4.69) is 4.98 Å². The van der Waals surface area contributed by atoms with Crippen LogP contribution in [0.3, 0.4) is 0 Å². The fourth-order valence-electron chi connectivity index (χ4n) is 1.63.